The van der Waals surface area contributed by atoms with Crippen LogP contribution in [0.15, 0.2) is 0 Å². The molecule has 0 aliphatic rings. The molecule has 0 bridgehead atoms. The van der Waals surface area contributed by atoms with Gasteiger partial charge in [-0.2, -0.15) is 0 Å². The summed E-state index contributed by atoms with van der Waals surface area (Å²) < 4.78 is 0. The maximum atomic E-state index is 8.94. The molecular weight excluding hydrogens is 164 g/mol. The van der Waals surface area contributed by atoms with Crippen LogP contribution in [0.1, 0.15) is 33.6 Å². The lowest BCUT2D eigenvalue weighted by Crippen LogP contribution is -2.40. The van der Waals surface area contributed by atoms with Gasteiger partial charge in [0.1, 0.15) is 0 Å². The molecule has 0 spiro atoms. The minimum absolute atomic E-state index is 0.0747. The SMILES string of the molecule is CCN(CC)CCCC(C)(N)CO. The fourth-order valence-corrected chi connectivity index (χ4v) is 1.33. The van der Waals surface area contributed by atoms with Crippen LogP contribution in [0.2, 0.25) is 0 Å². The first-order valence-electron chi connectivity index (χ1n) is 5.17. The van der Waals surface area contributed by atoms with Gasteiger partial charge < -0.3 is 15.7 Å². The predicted octanol–water partition coefficient (Wildman–Crippen LogP) is 0.818. The van der Waals surface area contributed by atoms with Crippen molar-refractivity contribution in [3.63, 3.8) is 0 Å². The summed E-state index contributed by atoms with van der Waals surface area (Å²) in [4.78, 5) is 2.37. The molecule has 3 nitrogen and oxygen atoms in total. The largest absolute Gasteiger partial charge is 0.394 e. The molecule has 0 rings (SSSR count). The lowest BCUT2D eigenvalue weighted by molar-refractivity contribution is 0.190. The third kappa shape index (κ3) is 6.02. The molecule has 1 atom stereocenters. The van der Waals surface area contributed by atoms with Gasteiger partial charge in [-0.25, -0.2) is 0 Å². The molecule has 0 amide bonds. The van der Waals surface area contributed by atoms with Crippen LogP contribution in [0, 0.1) is 0 Å². The maximum Gasteiger partial charge on any atom is 0.0608 e. The van der Waals surface area contributed by atoms with E-state index in [2.05, 4.69) is 18.7 Å². The molecule has 3 N–H and O–H groups in total. The van der Waals surface area contributed by atoms with Crippen LogP contribution >= 0.6 is 0 Å². The van der Waals surface area contributed by atoms with Crippen LogP contribution in [-0.2, 0) is 0 Å². The van der Waals surface area contributed by atoms with Crippen molar-refractivity contribution in [2.75, 3.05) is 26.2 Å². The Hall–Kier alpha value is -0.120. The fraction of sp³-hybridized carbons (Fsp3) is 1.00. The Morgan fingerprint density at radius 1 is 1.31 bits per heavy atom. The molecule has 3 heteroatoms. The van der Waals surface area contributed by atoms with E-state index in [9.17, 15) is 0 Å². The molecule has 0 saturated carbocycles. The lowest BCUT2D eigenvalue weighted by Gasteiger charge is -2.24. The number of aliphatic hydroxyl groups excluding tert-OH is 1. The van der Waals surface area contributed by atoms with Crippen LogP contribution < -0.4 is 5.73 Å². The van der Waals surface area contributed by atoms with E-state index in [4.69, 9.17) is 10.8 Å². The van der Waals surface area contributed by atoms with Crippen molar-refractivity contribution in [2.24, 2.45) is 5.73 Å². The molecule has 0 radical (unpaired) electrons. The van der Waals surface area contributed by atoms with Crippen LogP contribution in [0.4, 0.5) is 0 Å². The van der Waals surface area contributed by atoms with Crippen molar-refractivity contribution in [3.8, 4) is 0 Å². The minimum atomic E-state index is -0.396. The molecular formula is C10H24N2O. The summed E-state index contributed by atoms with van der Waals surface area (Å²) in [7, 11) is 0. The molecule has 0 saturated heterocycles. The third-order valence-electron chi connectivity index (χ3n) is 2.48. The summed E-state index contributed by atoms with van der Waals surface area (Å²) >= 11 is 0. The smallest absolute Gasteiger partial charge is 0.0608 e. The van der Waals surface area contributed by atoms with Gasteiger partial charge in [0.2, 0.25) is 0 Å². The van der Waals surface area contributed by atoms with E-state index in [-0.39, 0.29) is 6.61 Å². The molecule has 0 aliphatic heterocycles. The monoisotopic (exact) mass is 188 g/mol. The van der Waals surface area contributed by atoms with E-state index in [0.29, 0.717) is 0 Å². The summed E-state index contributed by atoms with van der Waals surface area (Å²) in [5, 5.41) is 8.94. The first-order valence-corrected chi connectivity index (χ1v) is 5.17. The number of aliphatic hydroxyl groups is 1. The van der Waals surface area contributed by atoms with Crippen LogP contribution in [-0.4, -0.2) is 41.8 Å². The van der Waals surface area contributed by atoms with Gasteiger partial charge in [-0.15, -0.1) is 0 Å². The number of nitrogens with two attached hydrogens (primary N) is 1. The van der Waals surface area contributed by atoms with Crippen LogP contribution in [0.5, 0.6) is 0 Å². The van der Waals surface area contributed by atoms with Crippen LogP contribution in [0.3, 0.4) is 0 Å². The van der Waals surface area contributed by atoms with E-state index in [1.54, 1.807) is 0 Å². The highest BCUT2D eigenvalue weighted by atomic mass is 16.3. The van der Waals surface area contributed by atoms with E-state index >= 15 is 0 Å². The van der Waals surface area contributed by atoms with Gasteiger partial charge in [-0.05, 0) is 39.4 Å². The van der Waals surface area contributed by atoms with Gasteiger partial charge in [0.15, 0.2) is 0 Å². The zero-order valence-electron chi connectivity index (χ0n) is 9.21. The first kappa shape index (κ1) is 12.9. The fourth-order valence-electron chi connectivity index (χ4n) is 1.33. The Bertz CT molecular complexity index is 122. The number of hydrogen-bond acceptors (Lipinski definition) is 3. The normalized spacial score (nSPS) is 16.2. The average molecular weight is 188 g/mol. The van der Waals surface area contributed by atoms with Gasteiger partial charge in [-0.1, -0.05) is 13.8 Å². The second-order valence-corrected chi connectivity index (χ2v) is 3.94. The quantitative estimate of drug-likeness (QED) is 0.622. The van der Waals surface area contributed by atoms with Crippen molar-refractivity contribution >= 4 is 0 Å². The van der Waals surface area contributed by atoms with Gasteiger partial charge >= 0.3 is 0 Å². The highest BCUT2D eigenvalue weighted by Crippen LogP contribution is 2.08. The van der Waals surface area contributed by atoms with E-state index in [1.165, 1.54) is 0 Å². The summed E-state index contributed by atoms with van der Waals surface area (Å²) in [5.74, 6) is 0. The number of nitrogens with zero attached hydrogens (tertiary/aromatic N) is 1. The topological polar surface area (TPSA) is 49.5 Å². The van der Waals surface area contributed by atoms with E-state index in [1.807, 2.05) is 6.92 Å². The molecule has 0 aromatic rings. The summed E-state index contributed by atoms with van der Waals surface area (Å²) in [6, 6.07) is 0. The Labute approximate surface area is 81.9 Å². The molecule has 0 heterocycles. The van der Waals surface area contributed by atoms with Crippen molar-refractivity contribution in [2.45, 2.75) is 39.2 Å². The van der Waals surface area contributed by atoms with Crippen molar-refractivity contribution in [3.05, 3.63) is 0 Å². The molecule has 0 aliphatic carbocycles. The lowest BCUT2D eigenvalue weighted by atomic mass is 9.98. The third-order valence-corrected chi connectivity index (χ3v) is 2.48. The molecule has 1 unspecified atom stereocenters. The summed E-state index contributed by atoms with van der Waals surface area (Å²) in [6.07, 6.45) is 1.95. The number of rotatable bonds is 7. The molecule has 80 valence electrons. The molecule has 0 aromatic heterocycles. The Morgan fingerprint density at radius 3 is 2.23 bits per heavy atom. The molecule has 0 aromatic carbocycles. The second-order valence-electron chi connectivity index (χ2n) is 3.94. The van der Waals surface area contributed by atoms with Crippen molar-refractivity contribution < 1.29 is 5.11 Å². The number of hydrogen-bond donors (Lipinski definition) is 2. The zero-order chi connectivity index (χ0) is 10.3. The average Bonchev–Trinajstić information content (AvgIpc) is 2.12. The first-order chi connectivity index (χ1) is 6.05. The predicted molar refractivity (Wildman–Crippen MR) is 56.7 cm³/mol. The Morgan fingerprint density at radius 2 is 1.85 bits per heavy atom. The minimum Gasteiger partial charge on any atom is -0.394 e. The van der Waals surface area contributed by atoms with Gasteiger partial charge in [-0.3, -0.25) is 0 Å². The van der Waals surface area contributed by atoms with Gasteiger partial charge in [0, 0.05) is 5.54 Å². The van der Waals surface area contributed by atoms with Gasteiger partial charge in [0.05, 0.1) is 6.61 Å². The highest BCUT2D eigenvalue weighted by molar-refractivity contribution is 4.77. The highest BCUT2D eigenvalue weighted by Gasteiger charge is 2.16. The van der Waals surface area contributed by atoms with Gasteiger partial charge in [0.25, 0.3) is 0 Å². The van der Waals surface area contributed by atoms with Crippen molar-refractivity contribution in [1.82, 2.24) is 4.90 Å². The van der Waals surface area contributed by atoms with Crippen molar-refractivity contribution in [1.29, 1.82) is 0 Å². The molecule has 13 heavy (non-hydrogen) atoms. The van der Waals surface area contributed by atoms with E-state index in [0.717, 1.165) is 32.5 Å². The van der Waals surface area contributed by atoms with Crippen LogP contribution in [0.25, 0.3) is 0 Å². The standard InChI is InChI=1S/C10H24N2O/c1-4-12(5-2)8-6-7-10(3,11)9-13/h13H,4-9,11H2,1-3H3. The Kier molecular flexibility index (Phi) is 6.29. The zero-order valence-corrected chi connectivity index (χ0v) is 9.21. The summed E-state index contributed by atoms with van der Waals surface area (Å²) in [5.41, 5.74) is 5.42. The maximum absolute atomic E-state index is 8.94. The second kappa shape index (κ2) is 6.35. The van der Waals surface area contributed by atoms with E-state index < -0.39 is 5.54 Å². The summed E-state index contributed by atoms with van der Waals surface area (Å²) in [6.45, 7) is 9.57. The molecule has 0 fully saturated rings. The Balaban J connectivity index is 3.54.